The molecule has 1 atom stereocenters. The van der Waals surface area contributed by atoms with Crippen molar-refractivity contribution >= 4 is 33.2 Å². The van der Waals surface area contributed by atoms with Gasteiger partial charge in [0.15, 0.2) is 0 Å². The van der Waals surface area contributed by atoms with E-state index in [2.05, 4.69) is 52.1 Å². The van der Waals surface area contributed by atoms with Crippen LogP contribution in [-0.4, -0.2) is 29.4 Å². The lowest BCUT2D eigenvalue weighted by molar-refractivity contribution is -0.149. The number of amides is 1. The summed E-state index contributed by atoms with van der Waals surface area (Å²) in [5, 5.41) is 0. The highest BCUT2D eigenvalue weighted by atomic mass is 79.9. The van der Waals surface area contributed by atoms with Gasteiger partial charge in [-0.1, -0.05) is 30.3 Å². The van der Waals surface area contributed by atoms with Gasteiger partial charge in [-0.15, -0.1) is 11.3 Å². The zero-order valence-electron chi connectivity index (χ0n) is 11.8. The molecule has 1 fully saturated rings. The molecule has 1 aliphatic rings. The molecule has 3 rings (SSSR count). The highest BCUT2D eigenvalue weighted by molar-refractivity contribution is 9.11. The Hall–Kier alpha value is -1.17. The van der Waals surface area contributed by atoms with Crippen LogP contribution in [0.4, 0.5) is 0 Å². The Bertz CT molecular complexity index is 628. The van der Waals surface area contributed by atoms with Gasteiger partial charge in [-0.2, -0.15) is 0 Å². The number of carbonyl (C=O) groups is 1. The molecule has 21 heavy (non-hydrogen) atoms. The molecule has 2 heterocycles. The lowest BCUT2D eigenvalue weighted by atomic mass is 9.94. The minimum absolute atomic E-state index is 0.233. The highest BCUT2D eigenvalue weighted by Crippen LogP contribution is 2.34. The topological polar surface area (TPSA) is 23.6 Å². The Morgan fingerprint density at radius 1 is 1.29 bits per heavy atom. The molecule has 0 aliphatic carbocycles. The van der Waals surface area contributed by atoms with E-state index in [0.29, 0.717) is 13.1 Å². The summed E-state index contributed by atoms with van der Waals surface area (Å²) in [5.41, 5.74) is 1.23. The molecule has 1 aromatic carbocycles. The molecule has 0 bridgehead atoms. The summed E-state index contributed by atoms with van der Waals surface area (Å²) in [4.78, 5) is 17.3. The van der Waals surface area contributed by atoms with Crippen LogP contribution in [0.2, 0.25) is 0 Å². The molecule has 110 valence electrons. The van der Waals surface area contributed by atoms with Crippen molar-refractivity contribution in [3.63, 3.8) is 0 Å². The number of hydrogen-bond donors (Lipinski definition) is 0. The highest BCUT2D eigenvalue weighted by Gasteiger charge is 2.37. The van der Waals surface area contributed by atoms with Gasteiger partial charge in [0.2, 0.25) is 5.91 Å². The average Bonchev–Trinajstić information content (AvgIpc) is 2.88. The molecule has 0 spiro atoms. The van der Waals surface area contributed by atoms with Crippen molar-refractivity contribution < 1.29 is 4.79 Å². The summed E-state index contributed by atoms with van der Waals surface area (Å²) in [7, 11) is 2.06. The largest absolute Gasteiger partial charge is 0.322 e. The van der Waals surface area contributed by atoms with Gasteiger partial charge < -0.3 is 4.90 Å². The van der Waals surface area contributed by atoms with Gasteiger partial charge in [-0.05, 0) is 40.7 Å². The normalized spacial score (nSPS) is 18.1. The van der Waals surface area contributed by atoms with Crippen molar-refractivity contribution in [1.29, 1.82) is 0 Å². The molecular formula is C16H17BrN2OS. The SMILES string of the molecule is CN(Cc1ccc(Br)s1)CN1C(=O)CC1c1ccccc1. The first-order chi connectivity index (χ1) is 10.1. The second-order valence-electron chi connectivity index (χ2n) is 5.36. The van der Waals surface area contributed by atoms with Crippen LogP contribution >= 0.6 is 27.3 Å². The summed E-state index contributed by atoms with van der Waals surface area (Å²) in [5.74, 6) is 0.239. The molecule has 1 amide bonds. The maximum Gasteiger partial charge on any atom is 0.226 e. The first-order valence-electron chi connectivity index (χ1n) is 6.90. The van der Waals surface area contributed by atoms with Gasteiger partial charge in [0.1, 0.15) is 0 Å². The van der Waals surface area contributed by atoms with Gasteiger partial charge in [-0.3, -0.25) is 9.69 Å². The summed E-state index contributed by atoms with van der Waals surface area (Å²) in [6, 6.07) is 14.7. The number of thiophene rings is 1. The fourth-order valence-electron chi connectivity index (χ4n) is 2.62. The minimum Gasteiger partial charge on any atom is -0.322 e. The number of carbonyl (C=O) groups excluding carboxylic acids is 1. The lowest BCUT2D eigenvalue weighted by Gasteiger charge is -2.42. The van der Waals surface area contributed by atoms with Gasteiger partial charge in [0.25, 0.3) is 0 Å². The van der Waals surface area contributed by atoms with E-state index in [-0.39, 0.29) is 11.9 Å². The predicted molar refractivity (Wildman–Crippen MR) is 89.0 cm³/mol. The maximum absolute atomic E-state index is 11.9. The van der Waals surface area contributed by atoms with E-state index >= 15 is 0 Å². The van der Waals surface area contributed by atoms with E-state index in [9.17, 15) is 4.79 Å². The molecule has 1 aromatic heterocycles. The monoisotopic (exact) mass is 364 g/mol. The molecule has 1 aliphatic heterocycles. The smallest absolute Gasteiger partial charge is 0.226 e. The Morgan fingerprint density at radius 3 is 2.67 bits per heavy atom. The Balaban J connectivity index is 1.62. The summed E-state index contributed by atoms with van der Waals surface area (Å²) in [6.07, 6.45) is 0.627. The average molecular weight is 365 g/mol. The fraction of sp³-hybridized carbons (Fsp3) is 0.312. The number of β-lactam (4-membered cyclic amide) rings is 1. The molecule has 0 saturated carbocycles. The zero-order valence-corrected chi connectivity index (χ0v) is 14.2. The van der Waals surface area contributed by atoms with Gasteiger partial charge in [0.05, 0.1) is 22.9 Å². The summed E-state index contributed by atoms with van der Waals surface area (Å²) < 4.78 is 1.15. The lowest BCUT2D eigenvalue weighted by Crippen LogP contribution is -2.50. The number of benzene rings is 1. The molecule has 1 saturated heterocycles. The zero-order chi connectivity index (χ0) is 14.8. The van der Waals surface area contributed by atoms with Crippen LogP contribution in [0, 0.1) is 0 Å². The van der Waals surface area contributed by atoms with Gasteiger partial charge in [0, 0.05) is 11.4 Å². The summed E-state index contributed by atoms with van der Waals surface area (Å²) >= 11 is 5.22. The van der Waals surface area contributed by atoms with Gasteiger partial charge >= 0.3 is 0 Å². The van der Waals surface area contributed by atoms with Crippen molar-refractivity contribution in [2.75, 3.05) is 13.7 Å². The Labute approximate surface area is 137 Å². The molecular weight excluding hydrogens is 348 g/mol. The first-order valence-corrected chi connectivity index (χ1v) is 8.51. The third kappa shape index (κ3) is 3.36. The maximum atomic E-state index is 11.9. The molecule has 0 radical (unpaired) electrons. The van der Waals surface area contributed by atoms with Crippen LogP contribution in [0.25, 0.3) is 0 Å². The third-order valence-electron chi connectivity index (χ3n) is 3.70. The number of nitrogens with zero attached hydrogens (tertiary/aromatic N) is 2. The standard InChI is InChI=1S/C16H17BrN2OS/c1-18(10-13-7-8-15(17)21-13)11-19-14(9-16(19)20)12-5-3-2-4-6-12/h2-8,14H,9-11H2,1H3. The van der Waals surface area contributed by atoms with Crippen LogP contribution in [-0.2, 0) is 11.3 Å². The van der Waals surface area contributed by atoms with Crippen LogP contribution in [0.3, 0.4) is 0 Å². The number of rotatable bonds is 5. The van der Waals surface area contributed by atoms with Crippen LogP contribution in [0.15, 0.2) is 46.3 Å². The van der Waals surface area contributed by atoms with E-state index in [1.54, 1.807) is 11.3 Å². The quantitative estimate of drug-likeness (QED) is 0.751. The molecule has 3 nitrogen and oxygen atoms in total. The van der Waals surface area contributed by atoms with Gasteiger partial charge in [-0.25, -0.2) is 0 Å². The second-order valence-corrected chi connectivity index (χ2v) is 7.90. The minimum atomic E-state index is 0.233. The fourth-order valence-corrected chi connectivity index (χ4v) is 4.18. The predicted octanol–water partition coefficient (Wildman–Crippen LogP) is 3.87. The van der Waals surface area contributed by atoms with Crippen LogP contribution < -0.4 is 0 Å². The molecule has 2 aromatic rings. The van der Waals surface area contributed by atoms with Crippen molar-refractivity contribution in [2.24, 2.45) is 0 Å². The van der Waals surface area contributed by atoms with Crippen molar-refractivity contribution in [3.05, 3.63) is 56.7 Å². The molecule has 5 heteroatoms. The van der Waals surface area contributed by atoms with E-state index in [0.717, 1.165) is 10.3 Å². The van der Waals surface area contributed by atoms with Crippen molar-refractivity contribution in [1.82, 2.24) is 9.80 Å². The van der Waals surface area contributed by atoms with E-state index < -0.39 is 0 Å². The molecule has 1 unspecified atom stereocenters. The van der Waals surface area contributed by atoms with Crippen LogP contribution in [0.5, 0.6) is 0 Å². The number of likely N-dealkylation sites (tertiary alicyclic amines) is 1. The van der Waals surface area contributed by atoms with E-state index in [4.69, 9.17) is 0 Å². The first kappa shape index (κ1) is 14.8. The molecule has 0 N–H and O–H groups in total. The Kier molecular flexibility index (Phi) is 4.42. The Morgan fingerprint density at radius 2 is 2.05 bits per heavy atom. The van der Waals surface area contributed by atoms with Crippen LogP contribution in [0.1, 0.15) is 22.9 Å². The number of hydrogen-bond acceptors (Lipinski definition) is 3. The van der Waals surface area contributed by atoms with Crippen molar-refractivity contribution in [2.45, 2.75) is 19.0 Å². The second kappa shape index (κ2) is 6.30. The van der Waals surface area contributed by atoms with E-state index in [1.807, 2.05) is 23.1 Å². The van der Waals surface area contributed by atoms with Crippen molar-refractivity contribution in [3.8, 4) is 0 Å². The summed E-state index contributed by atoms with van der Waals surface area (Å²) in [6.45, 7) is 1.54. The van der Waals surface area contributed by atoms with E-state index in [1.165, 1.54) is 10.4 Å². The number of halogens is 1. The third-order valence-corrected chi connectivity index (χ3v) is 5.31.